The van der Waals surface area contributed by atoms with E-state index < -0.39 is 23.6 Å². The average molecular weight is 666 g/mol. The van der Waals surface area contributed by atoms with E-state index in [0.29, 0.717) is 43.6 Å². The second kappa shape index (κ2) is 13.1. The molecule has 3 N–H and O–H groups in total. The number of carboxylic acid groups (broad SMARTS) is 1. The molecule has 0 saturated heterocycles. The quantitative estimate of drug-likeness (QED) is 0.154. The number of amides is 1. The highest BCUT2D eigenvalue weighted by molar-refractivity contribution is 6.03. The maximum atomic E-state index is 14.2. The predicted octanol–water partition coefficient (Wildman–Crippen LogP) is 6.53. The van der Waals surface area contributed by atoms with Gasteiger partial charge in [0, 0.05) is 56.4 Å². The fourth-order valence-electron chi connectivity index (χ4n) is 6.76. The number of ether oxygens (including phenoxy) is 1. The number of nitrogens with zero attached hydrogens (tertiary/aromatic N) is 5. The average Bonchev–Trinajstić information content (AvgIpc) is 3.65. The van der Waals surface area contributed by atoms with Crippen molar-refractivity contribution in [1.82, 2.24) is 24.9 Å². The monoisotopic (exact) mass is 665 g/mol. The van der Waals surface area contributed by atoms with Gasteiger partial charge in [0.1, 0.15) is 11.2 Å². The summed E-state index contributed by atoms with van der Waals surface area (Å²) in [5.74, 6) is -1.56. The molecule has 0 unspecified atom stereocenters. The Labute approximate surface area is 275 Å². The van der Waals surface area contributed by atoms with Gasteiger partial charge >= 0.3 is 12.1 Å². The van der Waals surface area contributed by atoms with Crippen molar-refractivity contribution < 1.29 is 32.6 Å². The molecule has 2 fully saturated rings. The Morgan fingerprint density at radius 2 is 1.88 bits per heavy atom. The van der Waals surface area contributed by atoms with E-state index in [1.807, 2.05) is 11.9 Å². The zero-order valence-electron chi connectivity index (χ0n) is 27.1. The normalized spacial score (nSPS) is 16.0. The Morgan fingerprint density at radius 1 is 1.12 bits per heavy atom. The third-order valence-electron chi connectivity index (χ3n) is 9.31. The smallest absolute Gasteiger partial charge is 0.418 e. The molecule has 4 heterocycles. The molecule has 1 amide bonds. The lowest BCUT2D eigenvalue weighted by molar-refractivity contribution is -0.138. The molecule has 0 atom stereocenters. The summed E-state index contributed by atoms with van der Waals surface area (Å²) >= 11 is 0. The molecule has 2 aliphatic carbocycles. The first-order chi connectivity index (χ1) is 22.9. The van der Waals surface area contributed by atoms with Crippen LogP contribution in [0.1, 0.15) is 83.7 Å². The highest BCUT2D eigenvalue weighted by Crippen LogP contribution is 2.46. The number of hydrogen-bond acceptors (Lipinski definition) is 8. The zero-order valence-corrected chi connectivity index (χ0v) is 27.1. The third-order valence-corrected chi connectivity index (χ3v) is 9.31. The van der Waals surface area contributed by atoms with Gasteiger partial charge in [0.15, 0.2) is 5.65 Å². The SMILES string of the molecule is COCC1(CN(C)c2cc(-c3cnc(C4CC4)c(C(F)(F)F)c3)nc3nc(NC(=O)c4cc(C)c(CCC(=O)O)cn4)[nH]c23)CCCC1. The van der Waals surface area contributed by atoms with Gasteiger partial charge in [0.2, 0.25) is 5.95 Å². The number of carbonyl (C=O) groups is 2. The minimum atomic E-state index is -4.57. The number of aromatic amines is 1. The van der Waals surface area contributed by atoms with Crippen molar-refractivity contribution in [3.8, 4) is 11.3 Å². The number of aryl methyl sites for hydroxylation is 2. The number of anilines is 2. The van der Waals surface area contributed by atoms with E-state index in [1.54, 1.807) is 26.2 Å². The van der Waals surface area contributed by atoms with E-state index in [4.69, 9.17) is 9.84 Å². The largest absolute Gasteiger partial charge is 0.481 e. The van der Waals surface area contributed by atoms with Crippen LogP contribution in [0.5, 0.6) is 0 Å². The molecule has 48 heavy (non-hydrogen) atoms. The Balaban J connectivity index is 1.37. The molecule has 0 radical (unpaired) electrons. The Kier molecular flexibility index (Phi) is 9.12. The van der Waals surface area contributed by atoms with E-state index in [1.165, 1.54) is 12.4 Å². The molecule has 0 bridgehead atoms. The van der Waals surface area contributed by atoms with Gasteiger partial charge in [-0.25, -0.2) is 4.98 Å². The first kappa shape index (κ1) is 33.3. The van der Waals surface area contributed by atoms with Crippen molar-refractivity contribution in [2.75, 3.05) is 37.5 Å². The summed E-state index contributed by atoms with van der Waals surface area (Å²) in [6.45, 7) is 2.98. The molecule has 4 aromatic heterocycles. The lowest BCUT2D eigenvalue weighted by Gasteiger charge is -2.34. The summed E-state index contributed by atoms with van der Waals surface area (Å²) in [6, 6.07) is 4.43. The first-order valence-corrected chi connectivity index (χ1v) is 16.0. The van der Waals surface area contributed by atoms with Gasteiger partial charge in [-0.15, -0.1) is 0 Å². The Bertz CT molecular complexity index is 1850. The number of aromatic nitrogens is 5. The maximum absolute atomic E-state index is 14.2. The molecule has 0 spiro atoms. The summed E-state index contributed by atoms with van der Waals surface area (Å²) in [5, 5.41) is 11.7. The molecule has 0 aliphatic heterocycles. The van der Waals surface area contributed by atoms with Crippen molar-refractivity contribution in [3.63, 3.8) is 0 Å². The molecular formula is C34H38F3N7O4. The predicted molar refractivity (Wildman–Crippen MR) is 173 cm³/mol. The number of alkyl halides is 3. The standard InChI is InChI=1S/C34H38F3N7O4/c1-19-12-25(38-15-21(19)8-9-27(45)46)31(47)43-32-41-29-26(44(2)17-33(18-48-3)10-4-5-11-33)14-24(40-30(29)42-32)22-13-23(34(35,36)37)28(39-16-22)20-6-7-20/h12-16,20H,4-11,17-18H2,1-3H3,(H,45,46)(H2,40,41,42,43,47). The summed E-state index contributed by atoms with van der Waals surface area (Å²) in [5.41, 5.74) is 2.65. The minimum absolute atomic E-state index is 0.0519. The summed E-state index contributed by atoms with van der Waals surface area (Å²) in [6.07, 6.45) is 4.11. The van der Waals surface area contributed by atoms with Gasteiger partial charge in [0.05, 0.1) is 29.2 Å². The number of imidazole rings is 1. The minimum Gasteiger partial charge on any atom is -0.481 e. The third kappa shape index (κ3) is 7.13. The summed E-state index contributed by atoms with van der Waals surface area (Å²) < 4.78 is 48.1. The van der Waals surface area contributed by atoms with Crippen molar-refractivity contribution in [2.24, 2.45) is 5.41 Å². The number of methoxy groups -OCH3 is 1. The van der Waals surface area contributed by atoms with Crippen molar-refractivity contribution in [2.45, 2.75) is 70.4 Å². The van der Waals surface area contributed by atoms with Crippen LogP contribution < -0.4 is 10.2 Å². The molecule has 4 aromatic rings. The number of rotatable bonds is 12. The fraction of sp³-hybridized carbons (Fsp3) is 0.471. The molecule has 14 heteroatoms. The van der Waals surface area contributed by atoms with Crippen LogP contribution in [0.2, 0.25) is 0 Å². The van der Waals surface area contributed by atoms with Gasteiger partial charge in [-0.2, -0.15) is 18.2 Å². The molecule has 6 rings (SSSR count). The number of carboxylic acids is 1. The van der Waals surface area contributed by atoms with Crippen LogP contribution in [-0.2, 0) is 22.1 Å². The maximum Gasteiger partial charge on any atom is 0.418 e. The lowest BCUT2D eigenvalue weighted by Crippen LogP contribution is -2.37. The number of hydrogen-bond donors (Lipinski definition) is 3. The molecule has 2 saturated carbocycles. The van der Waals surface area contributed by atoms with Crippen molar-refractivity contribution in [3.05, 3.63) is 58.7 Å². The van der Waals surface area contributed by atoms with Crippen LogP contribution in [0.3, 0.4) is 0 Å². The number of halogens is 3. The fourth-order valence-corrected chi connectivity index (χ4v) is 6.76. The lowest BCUT2D eigenvalue weighted by atomic mass is 9.86. The highest BCUT2D eigenvalue weighted by Gasteiger charge is 2.40. The number of carbonyl (C=O) groups excluding carboxylic acids is 1. The van der Waals surface area contributed by atoms with Gasteiger partial charge in [-0.3, -0.25) is 24.9 Å². The van der Waals surface area contributed by atoms with Crippen LogP contribution in [0.25, 0.3) is 22.4 Å². The summed E-state index contributed by atoms with van der Waals surface area (Å²) in [4.78, 5) is 47.0. The van der Waals surface area contributed by atoms with Gasteiger partial charge in [-0.1, -0.05) is 12.8 Å². The highest BCUT2D eigenvalue weighted by atomic mass is 19.4. The van der Waals surface area contributed by atoms with Crippen LogP contribution in [0.4, 0.5) is 24.8 Å². The summed E-state index contributed by atoms with van der Waals surface area (Å²) in [7, 11) is 3.60. The number of H-pyrrole nitrogens is 1. The molecule has 0 aromatic carbocycles. The number of pyridine rings is 3. The van der Waals surface area contributed by atoms with Crippen molar-refractivity contribution >= 4 is 34.7 Å². The van der Waals surface area contributed by atoms with E-state index >= 15 is 0 Å². The van der Waals surface area contributed by atoms with E-state index in [9.17, 15) is 22.8 Å². The molecule has 11 nitrogen and oxygen atoms in total. The van der Waals surface area contributed by atoms with E-state index in [-0.39, 0.29) is 52.0 Å². The molecule has 254 valence electrons. The Hall–Kier alpha value is -4.59. The van der Waals surface area contributed by atoms with Gasteiger partial charge < -0.3 is 19.7 Å². The van der Waals surface area contributed by atoms with Crippen LogP contribution in [0, 0.1) is 12.3 Å². The van der Waals surface area contributed by atoms with E-state index in [0.717, 1.165) is 42.9 Å². The van der Waals surface area contributed by atoms with E-state index in [2.05, 4.69) is 30.2 Å². The van der Waals surface area contributed by atoms with Gasteiger partial charge in [-0.05, 0) is 68.4 Å². The number of nitrogens with one attached hydrogen (secondary N) is 2. The van der Waals surface area contributed by atoms with Crippen molar-refractivity contribution in [1.29, 1.82) is 0 Å². The second-order valence-electron chi connectivity index (χ2n) is 13.1. The van der Waals surface area contributed by atoms with Crippen LogP contribution >= 0.6 is 0 Å². The first-order valence-electron chi connectivity index (χ1n) is 16.0. The second-order valence-corrected chi connectivity index (χ2v) is 13.1. The number of fused-ring (bicyclic) bond motifs is 1. The topological polar surface area (TPSA) is 146 Å². The molecule has 2 aliphatic rings. The number of aliphatic carboxylic acids is 1. The molecular weight excluding hydrogens is 627 g/mol. The van der Waals surface area contributed by atoms with Gasteiger partial charge in [0.25, 0.3) is 5.91 Å². The zero-order chi connectivity index (χ0) is 34.2. The Morgan fingerprint density at radius 3 is 2.52 bits per heavy atom. The van der Waals surface area contributed by atoms with Crippen LogP contribution in [0.15, 0.2) is 30.6 Å². The van der Waals surface area contributed by atoms with Crippen LogP contribution in [-0.4, -0.2) is 69.2 Å².